The smallest absolute Gasteiger partial charge is 0.421 e. The lowest BCUT2D eigenvalue weighted by atomic mass is 10.3. The van der Waals surface area contributed by atoms with Gasteiger partial charge in [0.25, 0.3) is 0 Å². The Kier molecular flexibility index (Phi) is 9.22. The van der Waals surface area contributed by atoms with E-state index in [0.717, 1.165) is 19.7 Å². The molecule has 21 heteroatoms. The van der Waals surface area contributed by atoms with Crippen LogP contribution in [0.1, 0.15) is 19.8 Å². The molecule has 0 aliphatic heterocycles. The largest absolute Gasteiger partial charge is 0.509 e. The summed E-state index contributed by atoms with van der Waals surface area (Å²) in [5.41, 5.74) is -17.7. The van der Waals surface area contributed by atoms with Gasteiger partial charge in [-0.1, -0.05) is 13.3 Å². The third kappa shape index (κ3) is 7.20. The molecule has 1 aromatic heterocycles. The molecule has 1 rings (SSSR count). The third-order valence-corrected chi connectivity index (χ3v) is 7.45. The highest BCUT2D eigenvalue weighted by Crippen LogP contribution is 2.36. The van der Waals surface area contributed by atoms with Crippen LogP contribution in [0.4, 0.5) is 39.5 Å². The number of nitrogens with zero attached hydrogens (tertiary/aromatic N) is 3. The molecular formula is C11H14F9N3O6S3. The van der Waals surface area contributed by atoms with Gasteiger partial charge in [-0.15, -0.1) is 0 Å². The molecule has 0 aromatic carbocycles. The molecule has 0 amide bonds. The van der Waals surface area contributed by atoms with Gasteiger partial charge < -0.3 is 4.13 Å². The normalized spacial score (nSPS) is 14.1. The fraction of sp³-hybridized carbons (Fsp3) is 0.727. The Balaban J connectivity index is 0.000000607. The number of hydrogen-bond donors (Lipinski definition) is 0. The molecule has 0 saturated heterocycles. The van der Waals surface area contributed by atoms with Crippen LogP contribution in [-0.2, 0) is 43.5 Å². The Morgan fingerprint density at radius 2 is 1.25 bits per heavy atom. The summed E-state index contributed by atoms with van der Waals surface area (Å²) in [6.07, 6.45) is 4.03. The van der Waals surface area contributed by atoms with Crippen molar-refractivity contribution in [3.63, 3.8) is 0 Å². The Morgan fingerprint density at radius 3 is 1.56 bits per heavy atom. The van der Waals surface area contributed by atoms with Gasteiger partial charge in [-0.05, 0) is 6.42 Å². The van der Waals surface area contributed by atoms with Crippen LogP contribution in [0.15, 0.2) is 17.6 Å². The second-order valence-electron chi connectivity index (χ2n) is 5.60. The van der Waals surface area contributed by atoms with Crippen molar-refractivity contribution in [1.82, 2.24) is 4.57 Å². The van der Waals surface area contributed by atoms with Crippen molar-refractivity contribution in [2.24, 2.45) is 7.05 Å². The minimum absolute atomic E-state index is 0.252. The number of hydrogen-bond acceptors (Lipinski definition) is 6. The predicted octanol–water partition coefficient (Wildman–Crippen LogP) is 2.47. The van der Waals surface area contributed by atoms with Crippen molar-refractivity contribution < 1.29 is 69.3 Å². The first-order chi connectivity index (χ1) is 13.9. The Bertz CT molecular complexity index is 1060. The average Bonchev–Trinajstić information content (AvgIpc) is 2.90. The number of aryl methyl sites for hydroxylation is 2. The molecule has 32 heavy (non-hydrogen) atoms. The minimum Gasteiger partial charge on any atom is -0.421 e. The van der Waals surface area contributed by atoms with Crippen LogP contribution in [0.25, 0.3) is 4.13 Å². The quantitative estimate of drug-likeness (QED) is 0.395. The van der Waals surface area contributed by atoms with Gasteiger partial charge in [0.15, 0.2) is 20.0 Å². The molecule has 0 fully saturated rings. The highest BCUT2D eigenvalue weighted by Gasteiger charge is 2.54. The second-order valence-corrected chi connectivity index (χ2v) is 10.9. The molecule has 190 valence electrons. The van der Waals surface area contributed by atoms with Gasteiger partial charge >= 0.3 is 31.5 Å². The van der Waals surface area contributed by atoms with Crippen molar-refractivity contribution in [1.29, 1.82) is 0 Å². The lowest BCUT2D eigenvalue weighted by Crippen LogP contribution is -2.39. The van der Waals surface area contributed by atoms with Gasteiger partial charge in [0.05, 0.1) is 13.6 Å². The molecule has 0 bridgehead atoms. The maximum atomic E-state index is 12.5. The highest BCUT2D eigenvalue weighted by atomic mass is 32.3. The van der Waals surface area contributed by atoms with Crippen molar-refractivity contribution in [2.75, 3.05) is 0 Å². The summed E-state index contributed by atoms with van der Waals surface area (Å²) in [6, 6.07) is 0. The van der Waals surface area contributed by atoms with E-state index in [-0.39, 0.29) is 6.54 Å². The van der Waals surface area contributed by atoms with Crippen LogP contribution in [-0.4, -0.2) is 46.3 Å². The summed E-state index contributed by atoms with van der Waals surface area (Å²) in [7, 11) is -17.5. The van der Waals surface area contributed by atoms with E-state index in [1.165, 1.54) is 19.4 Å². The molecular weight excluding hydrogens is 537 g/mol. The van der Waals surface area contributed by atoms with Gasteiger partial charge in [-0.2, -0.15) is 39.5 Å². The van der Waals surface area contributed by atoms with Crippen molar-refractivity contribution in [3.8, 4) is 0 Å². The molecule has 0 N–H and O–H groups in total. The summed E-state index contributed by atoms with van der Waals surface area (Å²) < 4.78 is 171. The zero-order valence-corrected chi connectivity index (χ0v) is 18.1. The molecule has 9 nitrogen and oxygen atoms in total. The molecule has 0 saturated carbocycles. The van der Waals surface area contributed by atoms with Crippen molar-refractivity contribution in [3.05, 3.63) is 16.5 Å². The van der Waals surface area contributed by atoms with E-state index in [1.807, 2.05) is 6.92 Å². The topological polar surface area (TPSA) is 125 Å². The molecule has 0 aliphatic carbocycles. The van der Waals surface area contributed by atoms with E-state index in [9.17, 15) is 64.8 Å². The first kappa shape index (κ1) is 30.4. The first-order valence-corrected chi connectivity index (χ1v) is 12.0. The van der Waals surface area contributed by atoms with Crippen LogP contribution in [0.3, 0.4) is 0 Å². The van der Waals surface area contributed by atoms with E-state index in [4.69, 9.17) is 0 Å². The number of sulfone groups is 1. The van der Waals surface area contributed by atoms with Crippen LogP contribution >= 0.6 is 0 Å². The number of unbranched alkanes of at least 4 members (excludes halogenated alkanes) is 1. The molecule has 0 aliphatic rings. The molecule has 1 heterocycles. The number of sulfonamides is 2. The Labute approximate surface area is 175 Å². The lowest BCUT2D eigenvalue weighted by molar-refractivity contribution is -0.710. The number of rotatable bonds is 6. The maximum Gasteiger partial charge on any atom is 0.509 e. The Morgan fingerprint density at radius 1 is 0.844 bits per heavy atom. The average molecular weight is 551 g/mol. The number of halogens is 9. The number of imidazole rings is 1. The van der Waals surface area contributed by atoms with Gasteiger partial charge in [0.2, 0.25) is 0 Å². The third-order valence-electron chi connectivity index (χ3n) is 3.10. The maximum absolute atomic E-state index is 12.5. The summed E-state index contributed by atoms with van der Waals surface area (Å²) in [5, 5.41) is -0.724. The summed E-state index contributed by atoms with van der Waals surface area (Å²) in [6.45, 7) is 2.13. The van der Waals surface area contributed by atoms with Crippen LogP contribution in [0.2, 0.25) is 0 Å². The molecule has 1 aromatic rings. The zero-order valence-electron chi connectivity index (χ0n) is 15.7. The van der Waals surface area contributed by atoms with E-state index >= 15 is 0 Å². The standard InChI is InChI=1S/C9H14F3N2O2S.C2F6NO4S2/c1-3-4-5-14-7-6-13(2)8(14)17(15,16)9(10,11)12;3-1(4,5)14(10,11)9-15(12,13)2(6,7)8/h6-7H,3-5H2,1-2H3;/q+1;-1. The zero-order chi connectivity index (χ0) is 26.0. The highest BCUT2D eigenvalue weighted by molar-refractivity contribution is 8.13. The summed E-state index contributed by atoms with van der Waals surface area (Å²) >= 11 is 0. The molecule has 0 spiro atoms. The predicted molar refractivity (Wildman–Crippen MR) is 87.1 cm³/mol. The SMILES string of the molecule is CCCCn1cc[n+](C)c1S(=O)(=O)C(F)(F)F.O=S(=O)([N-]S(=O)(=O)C(F)(F)F)C(F)(F)F. The van der Waals surface area contributed by atoms with Gasteiger partial charge in [0, 0.05) is 0 Å². The molecule has 0 atom stereocenters. The van der Waals surface area contributed by atoms with Crippen LogP contribution < -0.4 is 4.57 Å². The van der Waals surface area contributed by atoms with Gasteiger partial charge in [-0.25, -0.2) is 34.4 Å². The summed E-state index contributed by atoms with van der Waals surface area (Å²) in [4.78, 5) is 0. The molecule has 0 unspecified atom stereocenters. The van der Waals surface area contributed by atoms with E-state index in [2.05, 4.69) is 0 Å². The fourth-order valence-electron chi connectivity index (χ4n) is 1.67. The van der Waals surface area contributed by atoms with Gasteiger partial charge in [0.1, 0.15) is 12.4 Å². The van der Waals surface area contributed by atoms with E-state index in [1.54, 1.807) is 0 Å². The number of aromatic nitrogens is 2. The fourth-order valence-corrected chi connectivity index (χ4v) is 4.49. The second kappa shape index (κ2) is 9.71. The van der Waals surface area contributed by atoms with Crippen LogP contribution in [0, 0.1) is 0 Å². The lowest BCUT2D eigenvalue weighted by Gasteiger charge is -2.22. The first-order valence-electron chi connectivity index (χ1n) is 7.65. The Hall–Kier alpha value is -1.61. The minimum atomic E-state index is -6.72. The van der Waals surface area contributed by atoms with Gasteiger partial charge in [-0.3, -0.25) is 0 Å². The number of alkyl halides is 9. The van der Waals surface area contributed by atoms with Crippen molar-refractivity contribution >= 4 is 29.9 Å². The van der Waals surface area contributed by atoms with E-state index < -0.39 is 51.6 Å². The van der Waals surface area contributed by atoms with Crippen molar-refractivity contribution in [2.45, 2.75) is 48.0 Å². The van der Waals surface area contributed by atoms with Crippen LogP contribution in [0.5, 0.6) is 0 Å². The molecule has 0 radical (unpaired) electrons. The summed E-state index contributed by atoms with van der Waals surface area (Å²) in [5.74, 6) is 0. The monoisotopic (exact) mass is 551 g/mol. The van der Waals surface area contributed by atoms with E-state index in [0.29, 0.717) is 6.42 Å².